The number of hydrogen-bond donors (Lipinski definition) is 1. The zero-order valence-electron chi connectivity index (χ0n) is 13.1. The highest BCUT2D eigenvalue weighted by molar-refractivity contribution is 7.92. The van der Waals surface area contributed by atoms with Gasteiger partial charge in [0.1, 0.15) is 0 Å². The third-order valence-corrected chi connectivity index (χ3v) is 6.41. The number of fused-ring (bicyclic) bond motifs is 2. The monoisotopic (exact) mass is 313 g/mol. The lowest BCUT2D eigenvalue weighted by molar-refractivity contribution is 0.596. The van der Waals surface area contributed by atoms with E-state index in [0.717, 1.165) is 22.9 Å². The third-order valence-electron chi connectivity index (χ3n) is 4.53. The fourth-order valence-electron chi connectivity index (χ4n) is 3.47. The summed E-state index contributed by atoms with van der Waals surface area (Å²) in [6.45, 7) is 6.28. The molecule has 0 saturated heterocycles. The topological polar surface area (TPSA) is 60.2 Å². The van der Waals surface area contributed by atoms with E-state index in [2.05, 4.69) is 13.8 Å². The number of nitrogen functional groups attached to an aromatic ring is 1. The Bertz CT molecular complexity index is 844. The molecular weight excluding hydrogens is 293 g/mol. The van der Waals surface area contributed by atoms with Crippen molar-refractivity contribution in [3.8, 4) is 0 Å². The molecule has 0 aliphatic carbocycles. The summed E-state index contributed by atoms with van der Waals surface area (Å²) >= 11 is 0. The molecule has 0 aromatic heterocycles. The fraction of sp³-hybridized carbons (Fsp3) is 0.294. The van der Waals surface area contributed by atoms with Crippen molar-refractivity contribution in [3.63, 3.8) is 0 Å². The van der Waals surface area contributed by atoms with Gasteiger partial charge in [-0.05, 0) is 29.6 Å². The molecule has 114 valence electrons. The summed E-state index contributed by atoms with van der Waals surface area (Å²) in [5.41, 5.74) is 9.66. The van der Waals surface area contributed by atoms with Crippen molar-refractivity contribution in [2.45, 2.75) is 42.8 Å². The van der Waals surface area contributed by atoms with Crippen LogP contribution in [0.25, 0.3) is 0 Å². The van der Waals surface area contributed by atoms with Gasteiger partial charge in [-0.25, -0.2) is 8.42 Å². The summed E-state index contributed by atoms with van der Waals surface area (Å²) in [6, 6.07) is 10.9. The number of nitrogens with two attached hydrogens (primary N) is 1. The van der Waals surface area contributed by atoms with Gasteiger partial charge in [-0.15, -0.1) is 0 Å². The minimum atomic E-state index is -3.50. The number of hydrogen-bond acceptors (Lipinski definition) is 3. The SMILES string of the molecule is CCc1ccc2c(c1N)B(C(C)C)c1ccccc1S2(=O)=O. The molecule has 0 fully saturated rings. The second-order valence-electron chi connectivity index (χ2n) is 6.17. The van der Waals surface area contributed by atoms with Crippen LogP contribution >= 0.6 is 0 Å². The van der Waals surface area contributed by atoms with Gasteiger partial charge in [0.25, 0.3) is 0 Å². The minimum absolute atomic E-state index is 0.0150. The van der Waals surface area contributed by atoms with Crippen LogP contribution in [-0.4, -0.2) is 15.1 Å². The molecule has 3 nitrogen and oxygen atoms in total. The molecule has 0 bridgehead atoms. The zero-order valence-corrected chi connectivity index (χ0v) is 13.9. The number of sulfone groups is 1. The largest absolute Gasteiger partial charge is 0.399 e. The molecule has 0 unspecified atom stereocenters. The molecule has 0 amide bonds. The van der Waals surface area contributed by atoms with E-state index >= 15 is 0 Å². The highest BCUT2D eigenvalue weighted by atomic mass is 32.2. The van der Waals surface area contributed by atoms with Crippen molar-refractivity contribution in [1.29, 1.82) is 0 Å². The van der Waals surface area contributed by atoms with Crippen LogP contribution in [-0.2, 0) is 16.3 Å². The molecule has 2 aromatic carbocycles. The number of aryl methyl sites for hydroxylation is 1. The van der Waals surface area contributed by atoms with Crippen LogP contribution in [0.1, 0.15) is 26.3 Å². The average molecular weight is 313 g/mol. The van der Waals surface area contributed by atoms with Crippen LogP contribution in [0.15, 0.2) is 46.2 Å². The van der Waals surface area contributed by atoms with Gasteiger partial charge in [-0.3, -0.25) is 0 Å². The predicted molar refractivity (Wildman–Crippen MR) is 92.2 cm³/mol. The summed E-state index contributed by atoms with van der Waals surface area (Å²) in [4.78, 5) is 0.796. The Balaban J connectivity index is 2.43. The summed E-state index contributed by atoms with van der Waals surface area (Å²) in [5.74, 6) is 0.268. The standard InChI is InChI=1S/C17H20BNO2S/c1-4-12-9-10-15-16(17(12)19)18(11(2)3)13-7-5-6-8-14(13)22(15,20)21/h5-11H,4,19H2,1-3H3. The van der Waals surface area contributed by atoms with E-state index in [-0.39, 0.29) is 12.5 Å². The number of rotatable bonds is 2. The van der Waals surface area contributed by atoms with Gasteiger partial charge in [0.2, 0.25) is 16.6 Å². The Hall–Kier alpha value is -1.75. The number of anilines is 1. The van der Waals surface area contributed by atoms with Crippen LogP contribution in [0.2, 0.25) is 5.82 Å². The molecule has 0 atom stereocenters. The first-order valence-electron chi connectivity index (χ1n) is 7.64. The fourth-order valence-corrected chi connectivity index (χ4v) is 5.25. The zero-order chi connectivity index (χ0) is 16.1. The minimum Gasteiger partial charge on any atom is -0.399 e. The van der Waals surface area contributed by atoms with E-state index in [1.165, 1.54) is 0 Å². The second kappa shape index (κ2) is 5.16. The van der Waals surface area contributed by atoms with Crippen molar-refractivity contribution >= 4 is 33.2 Å². The highest BCUT2D eigenvalue weighted by Crippen LogP contribution is 2.30. The Morgan fingerprint density at radius 2 is 1.77 bits per heavy atom. The van der Waals surface area contributed by atoms with Gasteiger partial charge < -0.3 is 5.73 Å². The smallest absolute Gasteiger partial charge is 0.218 e. The molecule has 0 spiro atoms. The van der Waals surface area contributed by atoms with Gasteiger partial charge in [-0.1, -0.05) is 56.3 Å². The lowest BCUT2D eigenvalue weighted by atomic mass is 9.34. The summed E-state index contributed by atoms with van der Waals surface area (Å²) in [7, 11) is -3.50. The van der Waals surface area contributed by atoms with Crippen LogP contribution in [0.5, 0.6) is 0 Å². The molecule has 5 heteroatoms. The summed E-state index contributed by atoms with van der Waals surface area (Å²) < 4.78 is 25.9. The van der Waals surface area contributed by atoms with Crippen LogP contribution in [0.4, 0.5) is 5.69 Å². The van der Waals surface area contributed by atoms with E-state index in [1.54, 1.807) is 18.2 Å². The maximum Gasteiger partial charge on any atom is 0.218 e. The predicted octanol–water partition coefficient (Wildman–Crippen LogP) is 2.00. The molecule has 2 aromatic rings. The van der Waals surface area contributed by atoms with E-state index in [0.29, 0.717) is 15.5 Å². The number of benzene rings is 2. The maximum atomic E-state index is 13.0. The first-order valence-corrected chi connectivity index (χ1v) is 9.13. The van der Waals surface area contributed by atoms with Crippen LogP contribution in [0.3, 0.4) is 0 Å². The average Bonchev–Trinajstić information content (AvgIpc) is 2.48. The first kappa shape index (κ1) is 15.2. The first-order chi connectivity index (χ1) is 10.4. The van der Waals surface area contributed by atoms with Gasteiger partial charge in [0.15, 0.2) is 0 Å². The normalized spacial score (nSPS) is 15.5. The molecule has 1 aliphatic heterocycles. The Kier molecular flexibility index (Phi) is 3.56. The van der Waals surface area contributed by atoms with Crippen molar-refractivity contribution < 1.29 is 8.42 Å². The molecule has 3 rings (SSSR count). The van der Waals surface area contributed by atoms with Crippen LogP contribution in [0, 0.1) is 0 Å². The molecule has 0 saturated carbocycles. The van der Waals surface area contributed by atoms with Gasteiger partial charge in [0.05, 0.1) is 9.79 Å². The molecular formula is C17H20BNO2S. The van der Waals surface area contributed by atoms with Gasteiger partial charge >= 0.3 is 0 Å². The Morgan fingerprint density at radius 3 is 2.41 bits per heavy atom. The van der Waals surface area contributed by atoms with Crippen molar-refractivity contribution in [2.24, 2.45) is 0 Å². The molecule has 22 heavy (non-hydrogen) atoms. The van der Waals surface area contributed by atoms with Crippen molar-refractivity contribution in [2.75, 3.05) is 5.73 Å². The van der Waals surface area contributed by atoms with Crippen LogP contribution < -0.4 is 16.7 Å². The lowest BCUT2D eigenvalue weighted by Crippen LogP contribution is -2.53. The molecule has 1 aliphatic rings. The quantitative estimate of drug-likeness (QED) is 0.681. The van der Waals surface area contributed by atoms with Crippen molar-refractivity contribution in [3.05, 3.63) is 42.0 Å². The Labute approximate surface area is 132 Å². The summed E-state index contributed by atoms with van der Waals surface area (Å²) in [6.07, 6.45) is 0.797. The lowest BCUT2D eigenvalue weighted by Gasteiger charge is -2.30. The van der Waals surface area contributed by atoms with Crippen molar-refractivity contribution in [1.82, 2.24) is 0 Å². The van der Waals surface area contributed by atoms with E-state index in [9.17, 15) is 8.42 Å². The molecule has 2 N–H and O–H groups in total. The Morgan fingerprint density at radius 1 is 1.09 bits per heavy atom. The summed E-state index contributed by atoms with van der Waals surface area (Å²) in [5, 5.41) is 0. The third kappa shape index (κ3) is 1.99. The second-order valence-corrected chi connectivity index (χ2v) is 8.05. The van der Waals surface area contributed by atoms with Gasteiger partial charge in [0, 0.05) is 5.69 Å². The molecule has 0 radical (unpaired) electrons. The molecule has 1 heterocycles. The van der Waals surface area contributed by atoms with E-state index in [4.69, 9.17) is 5.73 Å². The van der Waals surface area contributed by atoms with Gasteiger partial charge in [-0.2, -0.15) is 0 Å². The van der Waals surface area contributed by atoms with E-state index in [1.807, 2.05) is 25.1 Å². The van der Waals surface area contributed by atoms with E-state index < -0.39 is 9.84 Å². The maximum absolute atomic E-state index is 13.0. The highest BCUT2D eigenvalue weighted by Gasteiger charge is 2.40.